The third-order valence-corrected chi connectivity index (χ3v) is 4.85. The Hall–Kier alpha value is -1.77. The molecule has 0 N–H and O–H groups in total. The van der Waals surface area contributed by atoms with Crippen LogP contribution >= 0.6 is 0 Å². The molecule has 3 heteroatoms. The van der Waals surface area contributed by atoms with Crippen LogP contribution in [0.25, 0.3) is 0 Å². The lowest BCUT2D eigenvalue weighted by molar-refractivity contribution is 0.0577. The van der Waals surface area contributed by atoms with Crippen molar-refractivity contribution in [3.05, 3.63) is 48.0 Å². The van der Waals surface area contributed by atoms with Crippen molar-refractivity contribution in [3.63, 3.8) is 0 Å². The fourth-order valence-corrected chi connectivity index (χ4v) is 3.37. The van der Waals surface area contributed by atoms with Gasteiger partial charge in [0.1, 0.15) is 6.61 Å². The van der Waals surface area contributed by atoms with Crippen molar-refractivity contribution in [1.82, 2.24) is 4.90 Å². The molecule has 2 aliphatic rings. The molecule has 1 aliphatic heterocycles. The van der Waals surface area contributed by atoms with Crippen LogP contribution < -0.4 is 0 Å². The number of ether oxygens (including phenoxy) is 1. The van der Waals surface area contributed by atoms with E-state index in [4.69, 9.17) is 4.74 Å². The highest BCUT2D eigenvalue weighted by Crippen LogP contribution is 2.42. The summed E-state index contributed by atoms with van der Waals surface area (Å²) in [5.74, 6) is 0. The maximum Gasteiger partial charge on any atom is 0.410 e. The zero-order chi connectivity index (χ0) is 14.5. The third-order valence-electron chi connectivity index (χ3n) is 4.85. The summed E-state index contributed by atoms with van der Waals surface area (Å²) >= 11 is 0. The highest BCUT2D eigenvalue weighted by molar-refractivity contribution is 5.67. The quantitative estimate of drug-likeness (QED) is 0.764. The lowest BCUT2D eigenvalue weighted by Crippen LogP contribution is -2.43. The van der Waals surface area contributed by atoms with Gasteiger partial charge in [-0.25, -0.2) is 4.79 Å². The maximum absolute atomic E-state index is 12.1. The van der Waals surface area contributed by atoms with Crippen LogP contribution in [0.2, 0.25) is 0 Å². The van der Waals surface area contributed by atoms with Gasteiger partial charge in [0.25, 0.3) is 0 Å². The maximum atomic E-state index is 12.1. The molecule has 112 valence electrons. The highest BCUT2D eigenvalue weighted by Gasteiger charge is 2.35. The van der Waals surface area contributed by atoms with E-state index in [1.807, 2.05) is 35.2 Å². The van der Waals surface area contributed by atoms with Gasteiger partial charge in [-0.15, -0.1) is 0 Å². The molecular formula is C18H23NO2. The van der Waals surface area contributed by atoms with Gasteiger partial charge in [0, 0.05) is 13.1 Å². The summed E-state index contributed by atoms with van der Waals surface area (Å²) in [6.07, 6.45) is 10.3. The van der Waals surface area contributed by atoms with Gasteiger partial charge in [0.2, 0.25) is 0 Å². The molecule has 1 saturated heterocycles. The minimum atomic E-state index is -0.167. The Balaban J connectivity index is 1.48. The van der Waals surface area contributed by atoms with Crippen molar-refractivity contribution in [1.29, 1.82) is 0 Å². The number of hydrogen-bond donors (Lipinski definition) is 0. The molecule has 3 nitrogen and oxygen atoms in total. The first-order chi connectivity index (χ1) is 10.3. The fourth-order valence-electron chi connectivity index (χ4n) is 3.37. The third kappa shape index (κ3) is 3.46. The molecule has 1 amide bonds. The molecular weight excluding hydrogens is 262 g/mol. The second-order valence-corrected chi connectivity index (χ2v) is 6.24. The first-order valence-corrected chi connectivity index (χ1v) is 7.88. The Morgan fingerprint density at radius 2 is 1.86 bits per heavy atom. The summed E-state index contributed by atoms with van der Waals surface area (Å²) in [6.45, 7) is 2.03. The van der Waals surface area contributed by atoms with Gasteiger partial charge in [0.15, 0.2) is 0 Å². The van der Waals surface area contributed by atoms with E-state index in [0.29, 0.717) is 12.0 Å². The number of piperidine rings is 1. The van der Waals surface area contributed by atoms with Gasteiger partial charge >= 0.3 is 6.09 Å². The van der Waals surface area contributed by atoms with Crippen LogP contribution in [0.3, 0.4) is 0 Å². The van der Waals surface area contributed by atoms with E-state index < -0.39 is 0 Å². The zero-order valence-electron chi connectivity index (χ0n) is 12.5. The van der Waals surface area contributed by atoms with E-state index in [2.05, 4.69) is 12.2 Å². The fraction of sp³-hybridized carbons (Fsp3) is 0.500. The molecule has 1 heterocycles. The summed E-state index contributed by atoms with van der Waals surface area (Å²) < 4.78 is 5.42. The molecule has 1 fully saturated rings. The summed E-state index contributed by atoms with van der Waals surface area (Å²) in [6, 6.07) is 9.85. The van der Waals surface area contributed by atoms with Gasteiger partial charge in [-0.3, -0.25) is 0 Å². The molecule has 1 aromatic rings. The molecule has 0 bridgehead atoms. The number of benzene rings is 1. The minimum absolute atomic E-state index is 0.167. The van der Waals surface area contributed by atoms with Gasteiger partial charge in [-0.05, 0) is 43.1 Å². The summed E-state index contributed by atoms with van der Waals surface area (Å²) in [4.78, 5) is 14.0. The largest absolute Gasteiger partial charge is 0.445 e. The van der Waals surface area contributed by atoms with Gasteiger partial charge in [-0.2, -0.15) is 0 Å². The van der Waals surface area contributed by atoms with Crippen molar-refractivity contribution in [2.75, 3.05) is 13.1 Å². The van der Waals surface area contributed by atoms with Gasteiger partial charge in [-0.1, -0.05) is 42.5 Å². The van der Waals surface area contributed by atoms with E-state index in [1.165, 1.54) is 19.3 Å². The number of allylic oxidation sites excluding steroid dienone is 2. The predicted molar refractivity (Wildman–Crippen MR) is 82.9 cm³/mol. The van der Waals surface area contributed by atoms with Crippen LogP contribution in [-0.4, -0.2) is 24.1 Å². The van der Waals surface area contributed by atoms with Crippen LogP contribution in [-0.2, 0) is 11.3 Å². The van der Waals surface area contributed by atoms with Crippen molar-refractivity contribution in [2.24, 2.45) is 5.41 Å². The molecule has 0 atom stereocenters. The number of hydrogen-bond acceptors (Lipinski definition) is 2. The number of rotatable bonds is 2. The first kappa shape index (κ1) is 14.2. The molecule has 0 aromatic heterocycles. The van der Waals surface area contributed by atoms with Gasteiger partial charge in [0.05, 0.1) is 0 Å². The average Bonchev–Trinajstić information content (AvgIpc) is 2.55. The number of amides is 1. The standard InChI is InChI=1S/C18H23NO2/c20-17(21-15-16-7-3-1-4-8-16)19-13-11-18(12-14-19)9-5-2-6-10-18/h1-5,7-8H,6,9-15H2. The highest BCUT2D eigenvalue weighted by atomic mass is 16.6. The van der Waals surface area contributed by atoms with Crippen molar-refractivity contribution in [2.45, 2.75) is 38.7 Å². The van der Waals surface area contributed by atoms with Crippen LogP contribution in [0.15, 0.2) is 42.5 Å². The average molecular weight is 285 g/mol. The van der Waals surface area contributed by atoms with Crippen LogP contribution in [0.1, 0.15) is 37.7 Å². The lowest BCUT2D eigenvalue weighted by Gasteiger charge is -2.42. The van der Waals surface area contributed by atoms with E-state index >= 15 is 0 Å². The van der Waals surface area contributed by atoms with E-state index in [9.17, 15) is 4.79 Å². The Labute approximate surface area is 126 Å². The lowest BCUT2D eigenvalue weighted by atomic mass is 9.70. The monoisotopic (exact) mass is 285 g/mol. The van der Waals surface area contributed by atoms with Crippen molar-refractivity contribution in [3.8, 4) is 0 Å². The Morgan fingerprint density at radius 1 is 1.10 bits per heavy atom. The smallest absolute Gasteiger partial charge is 0.410 e. The molecule has 1 aliphatic carbocycles. The van der Waals surface area contributed by atoms with Crippen LogP contribution in [0, 0.1) is 5.41 Å². The number of carbonyl (C=O) groups is 1. The van der Waals surface area contributed by atoms with Crippen LogP contribution in [0.4, 0.5) is 4.79 Å². The number of nitrogens with zero attached hydrogens (tertiary/aromatic N) is 1. The van der Waals surface area contributed by atoms with E-state index in [1.54, 1.807) is 0 Å². The first-order valence-electron chi connectivity index (χ1n) is 7.88. The predicted octanol–water partition coefficient (Wildman–Crippen LogP) is 4.15. The summed E-state index contributed by atoms with van der Waals surface area (Å²) in [5.41, 5.74) is 1.49. The summed E-state index contributed by atoms with van der Waals surface area (Å²) in [5, 5.41) is 0. The van der Waals surface area contributed by atoms with Crippen LogP contribution in [0.5, 0.6) is 0 Å². The number of carbonyl (C=O) groups excluding carboxylic acids is 1. The molecule has 0 radical (unpaired) electrons. The van der Waals surface area contributed by atoms with Crippen molar-refractivity contribution < 1.29 is 9.53 Å². The Kier molecular flexibility index (Phi) is 4.28. The Bertz CT molecular complexity index is 501. The topological polar surface area (TPSA) is 29.5 Å². The second kappa shape index (κ2) is 6.33. The Morgan fingerprint density at radius 3 is 2.52 bits per heavy atom. The second-order valence-electron chi connectivity index (χ2n) is 6.24. The minimum Gasteiger partial charge on any atom is -0.445 e. The molecule has 1 aromatic carbocycles. The summed E-state index contributed by atoms with van der Waals surface area (Å²) in [7, 11) is 0. The van der Waals surface area contributed by atoms with E-state index in [0.717, 1.165) is 31.5 Å². The van der Waals surface area contributed by atoms with Crippen molar-refractivity contribution >= 4 is 6.09 Å². The molecule has 1 spiro atoms. The normalized spacial score (nSPS) is 20.5. The SMILES string of the molecule is O=C(OCc1ccccc1)N1CCC2(CC=CCC2)CC1. The number of likely N-dealkylation sites (tertiary alicyclic amines) is 1. The van der Waals surface area contributed by atoms with Gasteiger partial charge < -0.3 is 9.64 Å². The van der Waals surface area contributed by atoms with E-state index in [-0.39, 0.29) is 6.09 Å². The molecule has 0 unspecified atom stereocenters. The molecule has 21 heavy (non-hydrogen) atoms. The zero-order valence-corrected chi connectivity index (χ0v) is 12.5. The molecule has 3 rings (SSSR count). The molecule has 0 saturated carbocycles.